The molecule has 0 amide bonds. The van der Waals surface area contributed by atoms with E-state index in [0.29, 0.717) is 46.3 Å². The first-order valence-electron chi connectivity index (χ1n) is 21.4. The summed E-state index contributed by atoms with van der Waals surface area (Å²) in [7, 11) is 0. The molecule has 0 aliphatic heterocycles. The minimum atomic E-state index is -4.34. The van der Waals surface area contributed by atoms with E-state index in [2.05, 4.69) is 66.8 Å². The van der Waals surface area contributed by atoms with Gasteiger partial charge in [0.1, 0.15) is 6.61 Å². The lowest BCUT2D eigenvalue weighted by Crippen LogP contribution is -2.55. The first kappa shape index (κ1) is 47.1. The molecule has 2 saturated carbocycles. The van der Waals surface area contributed by atoms with Crippen LogP contribution in [-0.4, -0.2) is 36.4 Å². The van der Waals surface area contributed by atoms with Crippen LogP contribution in [0.2, 0.25) is 0 Å². The molecule has 8 unspecified atom stereocenters. The van der Waals surface area contributed by atoms with Crippen molar-refractivity contribution in [2.75, 3.05) is 13.2 Å². The highest BCUT2D eigenvalue weighted by atomic mass is 35.5. The molecule has 2 aromatic carbocycles. The maximum absolute atomic E-state index is 12.7. The van der Waals surface area contributed by atoms with Crippen molar-refractivity contribution in [2.24, 2.45) is 39.4 Å². The van der Waals surface area contributed by atoms with Crippen LogP contribution in [0, 0.1) is 39.4 Å². The van der Waals surface area contributed by atoms with Gasteiger partial charge in [0, 0.05) is 12.6 Å². The standard InChI is InChI=1S/C30H50O.C19H20F3NO2.ClH/c1-20(2)10-9-11-21(3)22-14-18-30(8)24-12-13-25-27(4,5)26(31)16-17-28(25,6)23(24)15-19-29(22,30)7;1-14(12-15-6-5-9-17(13-15)19(20,21)22)23-10-11-25-18(24)16-7-3-2-4-8-16;/h10,21-22,25-26,31H,9,11-19H2,1-8H3;2-9,13-14,23H,10-12H2,1H3;1H. The van der Waals surface area contributed by atoms with Gasteiger partial charge in [-0.25, -0.2) is 4.79 Å². The fraction of sp³-hybridized carbons (Fsp3) is 0.653. The van der Waals surface area contributed by atoms with Crippen molar-refractivity contribution in [3.05, 3.63) is 94.1 Å². The van der Waals surface area contributed by atoms with Crippen molar-refractivity contribution in [2.45, 2.75) is 151 Å². The van der Waals surface area contributed by atoms with Gasteiger partial charge in [-0.1, -0.05) is 101 Å². The summed E-state index contributed by atoms with van der Waals surface area (Å²) in [5.41, 5.74) is 6.86. The molecule has 0 spiro atoms. The van der Waals surface area contributed by atoms with Gasteiger partial charge in [-0.2, -0.15) is 13.2 Å². The molecular weight excluding hydrogens is 743 g/mol. The monoisotopic (exact) mass is 814 g/mol. The summed E-state index contributed by atoms with van der Waals surface area (Å²) >= 11 is 0. The van der Waals surface area contributed by atoms with E-state index in [1.165, 1.54) is 69.4 Å². The predicted molar refractivity (Wildman–Crippen MR) is 229 cm³/mol. The van der Waals surface area contributed by atoms with E-state index < -0.39 is 17.7 Å². The van der Waals surface area contributed by atoms with Crippen LogP contribution >= 0.6 is 12.4 Å². The molecule has 4 nitrogen and oxygen atoms in total. The van der Waals surface area contributed by atoms with Crippen LogP contribution in [0.4, 0.5) is 13.2 Å². The van der Waals surface area contributed by atoms with E-state index in [1.54, 1.807) is 30.3 Å². The van der Waals surface area contributed by atoms with E-state index in [4.69, 9.17) is 4.74 Å². The van der Waals surface area contributed by atoms with Crippen LogP contribution in [0.1, 0.15) is 148 Å². The maximum atomic E-state index is 12.7. The molecule has 0 aromatic heterocycles. The van der Waals surface area contributed by atoms with Crippen LogP contribution in [0.3, 0.4) is 0 Å². The molecule has 0 bridgehead atoms. The number of carbonyl (C=O) groups excluding carboxylic acids is 1. The molecule has 2 fully saturated rings. The molecule has 8 atom stereocenters. The number of esters is 1. The third kappa shape index (κ3) is 10.1. The van der Waals surface area contributed by atoms with E-state index in [0.717, 1.165) is 30.4 Å². The number of fused-ring (bicyclic) bond motifs is 4. The van der Waals surface area contributed by atoms with Crippen molar-refractivity contribution in [1.29, 1.82) is 0 Å². The highest BCUT2D eigenvalue weighted by molar-refractivity contribution is 5.89. The van der Waals surface area contributed by atoms with Gasteiger partial charge < -0.3 is 15.2 Å². The Morgan fingerprint density at radius 3 is 2.30 bits per heavy atom. The van der Waals surface area contributed by atoms with Gasteiger partial charge in [0.05, 0.1) is 17.2 Å². The summed E-state index contributed by atoms with van der Waals surface area (Å²) in [5, 5.41) is 13.9. The Labute approximate surface area is 348 Å². The minimum Gasteiger partial charge on any atom is -0.461 e. The zero-order valence-electron chi connectivity index (χ0n) is 36.2. The van der Waals surface area contributed by atoms with Gasteiger partial charge in [0.25, 0.3) is 0 Å². The zero-order valence-corrected chi connectivity index (χ0v) is 37.0. The number of aliphatic hydroxyl groups excluding tert-OH is 1. The summed E-state index contributed by atoms with van der Waals surface area (Å²) in [4.78, 5) is 11.8. The van der Waals surface area contributed by atoms with Gasteiger partial charge in [-0.05, 0) is 155 Å². The quantitative estimate of drug-likeness (QED) is 0.135. The topological polar surface area (TPSA) is 58.6 Å². The van der Waals surface area contributed by atoms with Crippen LogP contribution in [0.15, 0.2) is 77.4 Å². The Morgan fingerprint density at radius 1 is 0.930 bits per heavy atom. The summed E-state index contributed by atoms with van der Waals surface area (Å²) < 4.78 is 43.3. The molecule has 0 saturated heterocycles. The SMILES string of the molecule is CC(C)=CCCC(C)C1CCC2(C)C3=C(CCC12C)C1(C)CCC(O)C(C)(C)C1CC3.CC(Cc1cccc(C(F)(F)F)c1)NCCOC(=O)c1ccccc1.Cl. The van der Waals surface area contributed by atoms with Crippen molar-refractivity contribution in [3.63, 3.8) is 0 Å². The third-order valence-corrected chi connectivity index (χ3v) is 15.3. The number of carbonyl (C=O) groups is 1. The Hall–Kier alpha value is -2.61. The predicted octanol–water partition coefficient (Wildman–Crippen LogP) is 13.0. The minimum absolute atomic E-state index is 0. The number of nitrogens with one attached hydrogen (secondary N) is 1. The fourth-order valence-corrected chi connectivity index (χ4v) is 11.9. The van der Waals surface area contributed by atoms with Gasteiger partial charge in [-0.3, -0.25) is 0 Å². The molecule has 318 valence electrons. The van der Waals surface area contributed by atoms with Gasteiger partial charge in [0.2, 0.25) is 0 Å². The number of rotatable bonds is 11. The van der Waals surface area contributed by atoms with Crippen molar-refractivity contribution in [1.82, 2.24) is 5.32 Å². The molecule has 0 heterocycles. The number of halogens is 4. The number of benzene rings is 2. The molecular formula is C49H71ClF3NO3. The van der Waals surface area contributed by atoms with E-state index in [1.807, 2.05) is 24.1 Å². The molecule has 0 radical (unpaired) electrons. The van der Waals surface area contributed by atoms with Crippen LogP contribution in [0.5, 0.6) is 0 Å². The Bertz CT molecular complexity index is 1720. The largest absolute Gasteiger partial charge is 0.461 e. The van der Waals surface area contributed by atoms with Gasteiger partial charge in [0.15, 0.2) is 0 Å². The smallest absolute Gasteiger partial charge is 0.416 e. The highest BCUT2D eigenvalue weighted by Crippen LogP contribution is 2.72. The Kier molecular flexibility index (Phi) is 15.5. The average Bonchev–Trinajstić information content (AvgIpc) is 3.43. The normalized spacial score (nSPS) is 29.9. The lowest BCUT2D eigenvalue weighted by atomic mass is 9.43. The first-order chi connectivity index (χ1) is 26.2. The number of hydrogen-bond donors (Lipinski definition) is 2. The van der Waals surface area contributed by atoms with Crippen LogP contribution < -0.4 is 5.32 Å². The Morgan fingerprint density at radius 2 is 1.63 bits per heavy atom. The van der Waals surface area contributed by atoms with E-state index in [9.17, 15) is 23.1 Å². The highest BCUT2D eigenvalue weighted by Gasteiger charge is 2.63. The second kappa shape index (κ2) is 18.8. The average molecular weight is 815 g/mol. The summed E-state index contributed by atoms with van der Waals surface area (Å²) in [6.45, 7) is 22.1. The lowest BCUT2D eigenvalue weighted by molar-refractivity contribution is -0.137. The maximum Gasteiger partial charge on any atom is 0.416 e. The van der Waals surface area contributed by atoms with Crippen LogP contribution in [-0.2, 0) is 17.3 Å². The molecule has 4 aliphatic carbocycles. The van der Waals surface area contributed by atoms with E-state index in [-0.39, 0.29) is 36.6 Å². The second-order valence-electron chi connectivity index (χ2n) is 19.3. The number of allylic oxidation sites excluding steroid dienone is 4. The summed E-state index contributed by atoms with van der Waals surface area (Å²) in [6, 6.07) is 13.9. The number of alkyl halides is 3. The van der Waals surface area contributed by atoms with Crippen LogP contribution in [0.25, 0.3) is 0 Å². The molecule has 2 aromatic rings. The molecule has 57 heavy (non-hydrogen) atoms. The lowest BCUT2D eigenvalue weighted by Gasteiger charge is -2.62. The zero-order chi connectivity index (χ0) is 41.1. The van der Waals surface area contributed by atoms with Crippen molar-refractivity contribution in [3.8, 4) is 0 Å². The number of aliphatic hydroxyl groups is 1. The molecule has 4 aliphatic rings. The Balaban J connectivity index is 0.000000254. The first-order valence-corrected chi connectivity index (χ1v) is 21.4. The van der Waals surface area contributed by atoms with Crippen molar-refractivity contribution < 1.29 is 27.8 Å². The fourth-order valence-electron chi connectivity index (χ4n) is 11.9. The van der Waals surface area contributed by atoms with Crippen molar-refractivity contribution >= 4 is 18.4 Å². The van der Waals surface area contributed by atoms with Gasteiger partial charge >= 0.3 is 12.1 Å². The molecule has 8 heteroatoms. The number of hydrogen-bond acceptors (Lipinski definition) is 4. The van der Waals surface area contributed by atoms with E-state index >= 15 is 0 Å². The molecule has 2 N–H and O–H groups in total. The second-order valence-corrected chi connectivity index (χ2v) is 19.3. The summed E-state index contributed by atoms with van der Waals surface area (Å²) in [5.74, 6) is 1.93. The third-order valence-electron chi connectivity index (χ3n) is 15.3. The summed E-state index contributed by atoms with van der Waals surface area (Å²) in [6.07, 6.45) is 11.3. The number of ether oxygens (including phenoxy) is 1. The van der Waals surface area contributed by atoms with Gasteiger partial charge in [-0.15, -0.1) is 12.4 Å². The molecule has 6 rings (SSSR count).